The standard InChI is InChI=1S/C21H18N4O2/c1-13-6-14(2)8-18(7-13)25-12-17(10-19(25)26)20-23-21(27-24-20)16-5-3-4-15(9-16)11-22/h3-9,17H,10,12H2,1-2H3. The number of nitrogens with zero attached hydrogens (tertiary/aromatic N) is 4. The lowest BCUT2D eigenvalue weighted by molar-refractivity contribution is -0.117. The molecule has 27 heavy (non-hydrogen) atoms. The lowest BCUT2D eigenvalue weighted by Crippen LogP contribution is -2.24. The summed E-state index contributed by atoms with van der Waals surface area (Å²) in [6, 6.07) is 15.2. The van der Waals surface area contributed by atoms with E-state index in [0.717, 1.165) is 16.8 Å². The largest absolute Gasteiger partial charge is 0.334 e. The van der Waals surface area contributed by atoms with Crippen molar-refractivity contribution < 1.29 is 9.32 Å². The average molecular weight is 358 g/mol. The van der Waals surface area contributed by atoms with Gasteiger partial charge in [0.15, 0.2) is 5.82 Å². The van der Waals surface area contributed by atoms with Crippen LogP contribution in [0.25, 0.3) is 11.5 Å². The summed E-state index contributed by atoms with van der Waals surface area (Å²) in [5.41, 5.74) is 4.39. The van der Waals surface area contributed by atoms with Crippen molar-refractivity contribution in [2.24, 2.45) is 0 Å². The van der Waals surface area contributed by atoms with Crippen molar-refractivity contribution in [2.45, 2.75) is 26.2 Å². The molecule has 1 amide bonds. The van der Waals surface area contributed by atoms with Crippen molar-refractivity contribution in [1.82, 2.24) is 10.1 Å². The molecule has 1 atom stereocenters. The van der Waals surface area contributed by atoms with Gasteiger partial charge in [-0.3, -0.25) is 4.79 Å². The van der Waals surface area contributed by atoms with Crippen LogP contribution in [0.1, 0.15) is 34.9 Å². The van der Waals surface area contributed by atoms with Gasteiger partial charge in [0.25, 0.3) is 5.89 Å². The molecule has 6 nitrogen and oxygen atoms in total. The second kappa shape index (κ2) is 6.69. The molecule has 3 aromatic rings. The van der Waals surface area contributed by atoms with Gasteiger partial charge in [0.2, 0.25) is 5.91 Å². The average Bonchev–Trinajstić information content (AvgIpc) is 3.28. The number of carbonyl (C=O) groups is 1. The van der Waals surface area contributed by atoms with Crippen LogP contribution in [0, 0.1) is 25.2 Å². The van der Waals surface area contributed by atoms with Gasteiger partial charge >= 0.3 is 0 Å². The molecule has 4 rings (SSSR count). The molecule has 1 aliphatic heterocycles. The third kappa shape index (κ3) is 3.32. The number of hydrogen-bond donors (Lipinski definition) is 0. The zero-order valence-electron chi connectivity index (χ0n) is 15.1. The first-order valence-electron chi connectivity index (χ1n) is 8.76. The maximum Gasteiger partial charge on any atom is 0.257 e. The zero-order chi connectivity index (χ0) is 19.0. The first-order chi connectivity index (χ1) is 13.0. The zero-order valence-corrected chi connectivity index (χ0v) is 15.1. The number of amides is 1. The molecule has 0 aliphatic carbocycles. The highest BCUT2D eigenvalue weighted by Crippen LogP contribution is 2.32. The van der Waals surface area contributed by atoms with Crippen molar-refractivity contribution in [1.29, 1.82) is 5.26 Å². The smallest absolute Gasteiger partial charge is 0.257 e. The lowest BCUT2D eigenvalue weighted by atomic mass is 10.1. The van der Waals surface area contributed by atoms with Crippen LogP contribution in [0.2, 0.25) is 0 Å². The van der Waals surface area contributed by atoms with Crippen molar-refractivity contribution in [3.05, 3.63) is 65.0 Å². The van der Waals surface area contributed by atoms with Gasteiger partial charge < -0.3 is 9.42 Å². The Labute approximate surface area is 157 Å². The summed E-state index contributed by atoms with van der Waals surface area (Å²) < 4.78 is 5.38. The van der Waals surface area contributed by atoms with Crippen LogP contribution < -0.4 is 4.90 Å². The maximum atomic E-state index is 12.5. The van der Waals surface area contributed by atoms with Gasteiger partial charge in [-0.1, -0.05) is 17.3 Å². The predicted molar refractivity (Wildman–Crippen MR) is 100 cm³/mol. The minimum absolute atomic E-state index is 0.0582. The number of aromatic nitrogens is 2. The molecule has 1 aromatic heterocycles. The van der Waals surface area contributed by atoms with Crippen LogP contribution in [0.3, 0.4) is 0 Å². The molecule has 1 saturated heterocycles. The fourth-order valence-corrected chi connectivity index (χ4v) is 3.48. The first-order valence-corrected chi connectivity index (χ1v) is 8.76. The summed E-state index contributed by atoms with van der Waals surface area (Å²) in [6.45, 7) is 4.57. The Morgan fingerprint density at radius 2 is 1.96 bits per heavy atom. The molecule has 2 heterocycles. The second-order valence-electron chi connectivity index (χ2n) is 6.90. The summed E-state index contributed by atoms with van der Waals surface area (Å²) in [6.07, 6.45) is 0.351. The van der Waals surface area contributed by atoms with E-state index >= 15 is 0 Å². The predicted octanol–water partition coefficient (Wildman–Crippen LogP) is 3.75. The van der Waals surface area contributed by atoms with E-state index in [1.807, 2.05) is 32.0 Å². The van der Waals surface area contributed by atoms with E-state index in [4.69, 9.17) is 9.78 Å². The third-order valence-corrected chi connectivity index (χ3v) is 4.69. The Hall–Kier alpha value is -3.46. The molecule has 0 radical (unpaired) electrons. The van der Waals surface area contributed by atoms with Crippen LogP contribution in [-0.2, 0) is 4.79 Å². The number of nitriles is 1. The van der Waals surface area contributed by atoms with Gasteiger partial charge in [0.1, 0.15) is 0 Å². The van der Waals surface area contributed by atoms with Crippen LogP contribution in [-0.4, -0.2) is 22.6 Å². The lowest BCUT2D eigenvalue weighted by Gasteiger charge is -2.17. The molecule has 0 spiro atoms. The molecule has 2 aromatic carbocycles. The van der Waals surface area contributed by atoms with E-state index in [1.54, 1.807) is 23.1 Å². The second-order valence-corrected chi connectivity index (χ2v) is 6.90. The Morgan fingerprint density at radius 3 is 2.70 bits per heavy atom. The Morgan fingerprint density at radius 1 is 1.19 bits per heavy atom. The molecular weight excluding hydrogens is 340 g/mol. The summed E-state index contributed by atoms with van der Waals surface area (Å²) in [7, 11) is 0. The van der Waals surface area contributed by atoms with Crippen LogP contribution in [0.15, 0.2) is 47.0 Å². The first kappa shape index (κ1) is 17.0. The number of benzene rings is 2. The van der Waals surface area contributed by atoms with Gasteiger partial charge in [-0.15, -0.1) is 0 Å². The summed E-state index contributed by atoms with van der Waals surface area (Å²) in [5.74, 6) is 0.824. The fraction of sp³-hybridized carbons (Fsp3) is 0.238. The Balaban J connectivity index is 1.58. The minimum atomic E-state index is -0.116. The fourth-order valence-electron chi connectivity index (χ4n) is 3.48. The van der Waals surface area contributed by atoms with E-state index in [9.17, 15) is 4.79 Å². The number of anilines is 1. The summed E-state index contributed by atoms with van der Waals surface area (Å²) in [4.78, 5) is 18.8. The highest BCUT2D eigenvalue weighted by molar-refractivity contribution is 5.96. The summed E-state index contributed by atoms with van der Waals surface area (Å²) in [5, 5.41) is 13.1. The van der Waals surface area contributed by atoms with Crippen molar-refractivity contribution in [2.75, 3.05) is 11.4 Å². The monoisotopic (exact) mass is 358 g/mol. The van der Waals surface area contributed by atoms with E-state index in [2.05, 4.69) is 22.3 Å². The molecule has 0 bridgehead atoms. The molecule has 1 fully saturated rings. The quantitative estimate of drug-likeness (QED) is 0.712. The van der Waals surface area contributed by atoms with E-state index in [1.165, 1.54) is 0 Å². The Bertz CT molecular complexity index is 1040. The highest BCUT2D eigenvalue weighted by Gasteiger charge is 2.34. The van der Waals surface area contributed by atoms with E-state index < -0.39 is 0 Å². The molecule has 1 unspecified atom stereocenters. The number of rotatable bonds is 3. The Kier molecular flexibility index (Phi) is 4.21. The van der Waals surface area contributed by atoms with Crippen LogP contribution in [0.4, 0.5) is 5.69 Å². The number of carbonyl (C=O) groups excluding carboxylic acids is 1. The SMILES string of the molecule is Cc1cc(C)cc(N2CC(c3noc(-c4cccc(C#N)c4)n3)CC2=O)c1. The molecule has 6 heteroatoms. The van der Waals surface area contributed by atoms with Gasteiger partial charge in [0, 0.05) is 30.1 Å². The van der Waals surface area contributed by atoms with Crippen LogP contribution in [0.5, 0.6) is 0 Å². The number of aryl methyl sites for hydroxylation is 2. The van der Waals surface area contributed by atoms with Gasteiger partial charge in [-0.2, -0.15) is 10.2 Å². The topological polar surface area (TPSA) is 83.0 Å². The molecule has 0 saturated carbocycles. The van der Waals surface area contributed by atoms with Crippen LogP contribution >= 0.6 is 0 Å². The van der Waals surface area contributed by atoms with Crippen molar-refractivity contribution in [3.8, 4) is 17.5 Å². The van der Waals surface area contributed by atoms with E-state index in [0.29, 0.717) is 35.8 Å². The number of hydrogen-bond acceptors (Lipinski definition) is 5. The van der Waals surface area contributed by atoms with E-state index in [-0.39, 0.29) is 11.8 Å². The van der Waals surface area contributed by atoms with Gasteiger partial charge in [-0.25, -0.2) is 0 Å². The van der Waals surface area contributed by atoms with Crippen molar-refractivity contribution >= 4 is 11.6 Å². The third-order valence-electron chi connectivity index (χ3n) is 4.69. The molecule has 1 aliphatic rings. The normalized spacial score (nSPS) is 16.6. The molecular formula is C21H18N4O2. The van der Waals surface area contributed by atoms with Gasteiger partial charge in [0.05, 0.1) is 11.6 Å². The molecule has 134 valence electrons. The maximum absolute atomic E-state index is 12.5. The van der Waals surface area contributed by atoms with Gasteiger partial charge in [-0.05, 0) is 55.3 Å². The molecule has 0 N–H and O–H groups in total. The highest BCUT2D eigenvalue weighted by atomic mass is 16.5. The van der Waals surface area contributed by atoms with Crippen molar-refractivity contribution in [3.63, 3.8) is 0 Å². The minimum Gasteiger partial charge on any atom is -0.334 e. The summed E-state index contributed by atoms with van der Waals surface area (Å²) >= 11 is 0.